The van der Waals surface area contributed by atoms with E-state index in [0.717, 1.165) is 5.56 Å². The molecule has 0 saturated heterocycles. The number of ketones is 1. The van der Waals surface area contributed by atoms with Gasteiger partial charge in [-0.05, 0) is 19.1 Å². The van der Waals surface area contributed by atoms with Crippen LogP contribution >= 0.6 is 11.8 Å². The Hall–Kier alpha value is -2.15. The Kier molecular flexibility index (Phi) is 4.52. The molecule has 0 aliphatic heterocycles. The molecule has 1 N–H and O–H groups in total. The largest absolute Gasteiger partial charge is 0.465 e. The number of aromatic amines is 1. The molecule has 0 radical (unpaired) electrons. The monoisotopic (exact) mass is 291 g/mol. The van der Waals surface area contributed by atoms with Gasteiger partial charge < -0.3 is 4.74 Å². The van der Waals surface area contributed by atoms with Gasteiger partial charge in [-0.3, -0.25) is 9.89 Å². The van der Waals surface area contributed by atoms with Crippen LogP contribution in [0.2, 0.25) is 0 Å². The Labute approximate surface area is 119 Å². The number of benzene rings is 1. The molecule has 0 amide bonds. The summed E-state index contributed by atoms with van der Waals surface area (Å²) in [6.07, 6.45) is 0. The van der Waals surface area contributed by atoms with Crippen molar-refractivity contribution in [3.8, 4) is 11.4 Å². The van der Waals surface area contributed by atoms with Gasteiger partial charge in [0.2, 0.25) is 5.16 Å². The van der Waals surface area contributed by atoms with Crippen molar-refractivity contribution in [2.75, 3.05) is 12.9 Å². The van der Waals surface area contributed by atoms with Crippen molar-refractivity contribution in [3.63, 3.8) is 0 Å². The van der Waals surface area contributed by atoms with Gasteiger partial charge in [0, 0.05) is 5.56 Å². The fraction of sp³-hybridized carbons (Fsp3) is 0.231. The highest BCUT2D eigenvalue weighted by Gasteiger charge is 2.09. The minimum atomic E-state index is -0.383. The zero-order chi connectivity index (χ0) is 14.5. The van der Waals surface area contributed by atoms with E-state index < -0.39 is 0 Å². The quantitative estimate of drug-likeness (QED) is 0.669. The fourth-order valence-electron chi connectivity index (χ4n) is 1.49. The molecule has 0 unspecified atom stereocenters. The molecular formula is C13H13N3O3S. The third-order valence-electron chi connectivity index (χ3n) is 2.45. The van der Waals surface area contributed by atoms with Crippen molar-refractivity contribution in [2.24, 2.45) is 0 Å². The van der Waals surface area contributed by atoms with Crippen LogP contribution in [0.5, 0.6) is 0 Å². The Balaban J connectivity index is 2.11. The minimum Gasteiger partial charge on any atom is -0.465 e. The number of hydrogen-bond acceptors (Lipinski definition) is 6. The number of hydrogen-bond donors (Lipinski definition) is 1. The van der Waals surface area contributed by atoms with Gasteiger partial charge >= 0.3 is 5.97 Å². The number of carbonyl (C=O) groups is 2. The van der Waals surface area contributed by atoms with E-state index >= 15 is 0 Å². The number of thioether (sulfide) groups is 1. The van der Waals surface area contributed by atoms with E-state index in [4.69, 9.17) is 0 Å². The van der Waals surface area contributed by atoms with Crippen LogP contribution < -0.4 is 0 Å². The highest BCUT2D eigenvalue weighted by atomic mass is 32.2. The Morgan fingerprint density at radius 1 is 1.30 bits per heavy atom. The van der Waals surface area contributed by atoms with Crippen LogP contribution in [-0.2, 0) is 9.53 Å². The molecule has 6 nitrogen and oxygen atoms in total. The molecule has 1 heterocycles. The Morgan fingerprint density at radius 3 is 2.60 bits per heavy atom. The summed E-state index contributed by atoms with van der Waals surface area (Å²) in [5.41, 5.74) is 1.28. The van der Waals surface area contributed by atoms with E-state index in [9.17, 15) is 9.59 Å². The smallest absolute Gasteiger partial charge is 0.337 e. The van der Waals surface area contributed by atoms with Gasteiger partial charge in [0.15, 0.2) is 5.82 Å². The van der Waals surface area contributed by atoms with Gasteiger partial charge in [0.25, 0.3) is 0 Å². The molecule has 1 aromatic carbocycles. The molecule has 2 aromatic rings. The van der Waals surface area contributed by atoms with Crippen LogP contribution in [0.15, 0.2) is 29.4 Å². The normalized spacial score (nSPS) is 10.3. The van der Waals surface area contributed by atoms with Crippen molar-refractivity contribution in [3.05, 3.63) is 29.8 Å². The molecule has 104 valence electrons. The average Bonchev–Trinajstić information content (AvgIpc) is 2.93. The van der Waals surface area contributed by atoms with E-state index in [1.165, 1.54) is 25.8 Å². The second-order valence-electron chi connectivity index (χ2n) is 4.03. The highest BCUT2D eigenvalue weighted by Crippen LogP contribution is 2.19. The molecule has 7 heteroatoms. The van der Waals surface area contributed by atoms with E-state index in [1.807, 2.05) is 0 Å². The fourth-order valence-corrected chi connectivity index (χ4v) is 2.09. The number of esters is 1. The number of H-pyrrole nitrogens is 1. The van der Waals surface area contributed by atoms with Crippen molar-refractivity contribution >= 4 is 23.5 Å². The molecule has 0 spiro atoms. The number of ether oxygens (including phenoxy) is 1. The number of nitrogens with zero attached hydrogens (tertiary/aromatic N) is 2. The molecular weight excluding hydrogens is 278 g/mol. The number of rotatable bonds is 5. The first kappa shape index (κ1) is 14.3. The van der Waals surface area contributed by atoms with Crippen LogP contribution in [0.1, 0.15) is 17.3 Å². The molecule has 1 aromatic heterocycles. The van der Waals surface area contributed by atoms with E-state index in [2.05, 4.69) is 19.9 Å². The third-order valence-corrected chi connectivity index (χ3v) is 3.44. The van der Waals surface area contributed by atoms with Crippen molar-refractivity contribution in [1.82, 2.24) is 15.2 Å². The summed E-state index contributed by atoms with van der Waals surface area (Å²) in [6.45, 7) is 1.52. The van der Waals surface area contributed by atoms with E-state index in [-0.39, 0.29) is 11.8 Å². The van der Waals surface area contributed by atoms with Gasteiger partial charge in [-0.1, -0.05) is 23.9 Å². The number of Topliss-reactive ketones (excluding diaryl/α,β-unsaturated/α-hetero) is 1. The second kappa shape index (κ2) is 6.33. The predicted octanol–water partition coefficient (Wildman–Crippen LogP) is 1.94. The van der Waals surface area contributed by atoms with Crippen LogP contribution in [0.25, 0.3) is 11.4 Å². The van der Waals surface area contributed by atoms with Gasteiger partial charge in [0.05, 0.1) is 18.4 Å². The number of aromatic nitrogens is 3. The lowest BCUT2D eigenvalue weighted by Gasteiger charge is -2.00. The molecule has 0 aliphatic carbocycles. The van der Waals surface area contributed by atoms with E-state index in [1.54, 1.807) is 24.3 Å². The summed E-state index contributed by atoms with van der Waals surface area (Å²) in [5, 5.41) is 7.34. The van der Waals surface area contributed by atoms with Crippen molar-refractivity contribution in [2.45, 2.75) is 12.1 Å². The van der Waals surface area contributed by atoms with Gasteiger partial charge in [-0.2, -0.15) is 0 Å². The lowest BCUT2D eigenvalue weighted by molar-refractivity contribution is -0.114. The highest BCUT2D eigenvalue weighted by molar-refractivity contribution is 7.99. The Bertz CT molecular complexity index is 622. The van der Waals surface area contributed by atoms with Gasteiger partial charge in [0.1, 0.15) is 5.78 Å². The maximum Gasteiger partial charge on any atom is 0.337 e. The first-order chi connectivity index (χ1) is 9.60. The Morgan fingerprint density at radius 2 is 2.00 bits per heavy atom. The summed E-state index contributed by atoms with van der Waals surface area (Å²) in [4.78, 5) is 26.5. The summed E-state index contributed by atoms with van der Waals surface area (Å²) < 4.78 is 4.63. The molecule has 2 rings (SSSR count). The maximum atomic E-state index is 11.3. The summed E-state index contributed by atoms with van der Waals surface area (Å²) in [6, 6.07) is 6.83. The third kappa shape index (κ3) is 3.45. The van der Waals surface area contributed by atoms with Crippen LogP contribution in [0.4, 0.5) is 0 Å². The molecule has 0 atom stereocenters. The van der Waals surface area contributed by atoms with Crippen molar-refractivity contribution < 1.29 is 14.3 Å². The average molecular weight is 291 g/mol. The number of carbonyl (C=O) groups excluding carboxylic acids is 2. The van der Waals surface area contributed by atoms with Gasteiger partial charge in [-0.25, -0.2) is 9.78 Å². The summed E-state index contributed by atoms with van der Waals surface area (Å²) in [7, 11) is 1.34. The first-order valence-electron chi connectivity index (χ1n) is 5.83. The molecule has 0 fully saturated rings. The van der Waals surface area contributed by atoms with Crippen LogP contribution in [0.3, 0.4) is 0 Å². The maximum absolute atomic E-state index is 11.3. The second-order valence-corrected chi connectivity index (χ2v) is 4.97. The molecule has 0 aliphatic rings. The van der Waals surface area contributed by atoms with Gasteiger partial charge in [-0.15, -0.1) is 5.10 Å². The number of nitrogens with one attached hydrogen (secondary N) is 1. The summed E-state index contributed by atoms with van der Waals surface area (Å²) >= 11 is 1.28. The minimum absolute atomic E-state index is 0.0729. The summed E-state index contributed by atoms with van der Waals surface area (Å²) in [5.74, 6) is 0.626. The standard InChI is InChI=1S/C13H13N3O3S/c1-8(17)7-20-13-14-11(15-16-13)9-3-5-10(6-4-9)12(18)19-2/h3-6H,7H2,1-2H3,(H,14,15,16). The topological polar surface area (TPSA) is 84.9 Å². The van der Waals surface area contributed by atoms with Crippen molar-refractivity contribution in [1.29, 1.82) is 0 Å². The van der Waals surface area contributed by atoms with E-state index in [0.29, 0.717) is 22.3 Å². The van der Waals surface area contributed by atoms with Crippen LogP contribution in [-0.4, -0.2) is 39.8 Å². The molecule has 0 bridgehead atoms. The molecule has 20 heavy (non-hydrogen) atoms. The number of methoxy groups -OCH3 is 1. The lowest BCUT2D eigenvalue weighted by atomic mass is 10.1. The lowest BCUT2D eigenvalue weighted by Crippen LogP contribution is -2.00. The predicted molar refractivity (Wildman–Crippen MR) is 74.6 cm³/mol. The zero-order valence-electron chi connectivity index (χ0n) is 11.0. The SMILES string of the molecule is COC(=O)c1ccc(-c2nc(SCC(C)=O)n[nH]2)cc1. The first-order valence-corrected chi connectivity index (χ1v) is 6.82. The zero-order valence-corrected chi connectivity index (χ0v) is 11.9. The van der Waals surface area contributed by atoms with Crippen LogP contribution in [0, 0.1) is 0 Å². The molecule has 0 saturated carbocycles.